The molecule has 1 atom stereocenters. The Balaban J connectivity index is 3.75. The minimum absolute atomic E-state index is 0.0144. The van der Waals surface area contributed by atoms with Crippen LogP contribution in [0, 0.1) is 0 Å². The highest BCUT2D eigenvalue weighted by molar-refractivity contribution is 5.80. The van der Waals surface area contributed by atoms with Crippen molar-refractivity contribution in [3.05, 3.63) is 12.8 Å². The van der Waals surface area contributed by atoms with Crippen molar-refractivity contribution in [3.8, 4) is 0 Å². The van der Waals surface area contributed by atoms with Gasteiger partial charge in [0.25, 0.3) is 0 Å². The quantitative estimate of drug-likeness (QED) is 0.529. The summed E-state index contributed by atoms with van der Waals surface area (Å²) in [6, 6.07) is -0.331. The first-order valence-corrected chi connectivity index (χ1v) is 2.69. The molecule has 0 fully saturated rings. The minimum Gasteiger partial charge on any atom is -0.298 e. The molecule has 0 rings (SSSR count). The van der Waals surface area contributed by atoms with E-state index in [1.807, 2.05) is 0 Å². The third kappa shape index (κ3) is 3.58. The van der Waals surface area contributed by atoms with Gasteiger partial charge in [0.15, 0.2) is 5.78 Å². The second-order valence-electron chi connectivity index (χ2n) is 1.70. The first-order chi connectivity index (χ1) is 4.18. The lowest BCUT2D eigenvalue weighted by molar-refractivity contribution is -0.117. The van der Waals surface area contributed by atoms with E-state index < -0.39 is 0 Å². The molecule has 0 aromatic carbocycles. The molecule has 0 radical (unpaired) electrons. The molecule has 9 heavy (non-hydrogen) atoms. The molecular weight excluding hydrogens is 116 g/mol. The summed E-state index contributed by atoms with van der Waals surface area (Å²) in [5.41, 5.74) is 0. The van der Waals surface area contributed by atoms with Gasteiger partial charge in [0.2, 0.25) is 0 Å². The van der Waals surface area contributed by atoms with Crippen LogP contribution in [-0.4, -0.2) is 11.8 Å². The van der Waals surface area contributed by atoms with Gasteiger partial charge in [0.05, 0.1) is 0 Å². The van der Waals surface area contributed by atoms with Crippen LogP contribution in [0.5, 0.6) is 0 Å². The van der Waals surface area contributed by atoms with Crippen molar-refractivity contribution in [3.63, 3.8) is 0 Å². The third-order valence-electron chi connectivity index (χ3n) is 0.910. The van der Waals surface area contributed by atoms with Crippen LogP contribution in [0.4, 0.5) is 0 Å². The smallest absolute Gasteiger partial charge is 0.155 e. The Morgan fingerprint density at radius 3 is 2.67 bits per heavy atom. The van der Waals surface area contributed by atoms with E-state index in [4.69, 9.17) is 0 Å². The highest BCUT2D eigenvalue weighted by Gasteiger charge is 2.02. The lowest BCUT2D eigenvalue weighted by atomic mass is 10.3. The second kappa shape index (κ2) is 3.95. The van der Waals surface area contributed by atoms with Crippen LogP contribution < -0.4 is 0 Å². The summed E-state index contributed by atoms with van der Waals surface area (Å²) in [4.78, 5) is 10.5. The fraction of sp³-hybridized carbons (Fsp3) is 0.500. The number of rotatable bonds is 3. The standard InChI is InChI=1S/C6H10N2O/c1-4-7-8-5(2)6(3)9/h4-5H,1H2,2-3H3. The summed E-state index contributed by atoms with van der Waals surface area (Å²) in [5, 5.41) is 7.06. The van der Waals surface area contributed by atoms with Crippen molar-refractivity contribution >= 4 is 5.78 Å². The molecule has 0 saturated carbocycles. The van der Waals surface area contributed by atoms with Gasteiger partial charge in [-0.15, -0.1) is 0 Å². The Bertz CT molecular complexity index is 140. The number of hydrogen-bond donors (Lipinski definition) is 0. The molecule has 50 valence electrons. The normalized spacial score (nSPS) is 13.6. The molecule has 0 aliphatic heterocycles. The van der Waals surface area contributed by atoms with E-state index in [0.717, 1.165) is 0 Å². The van der Waals surface area contributed by atoms with Crippen molar-refractivity contribution < 1.29 is 4.79 Å². The first-order valence-electron chi connectivity index (χ1n) is 2.69. The van der Waals surface area contributed by atoms with E-state index in [2.05, 4.69) is 16.8 Å². The molecule has 0 spiro atoms. The maximum atomic E-state index is 10.5. The molecule has 0 aliphatic carbocycles. The predicted molar refractivity (Wildman–Crippen MR) is 35.2 cm³/mol. The zero-order valence-electron chi connectivity index (χ0n) is 5.66. The summed E-state index contributed by atoms with van der Waals surface area (Å²) < 4.78 is 0. The monoisotopic (exact) mass is 126 g/mol. The number of hydrogen-bond acceptors (Lipinski definition) is 3. The van der Waals surface area contributed by atoms with E-state index in [9.17, 15) is 4.79 Å². The SMILES string of the molecule is C=CN=NC(C)C(C)=O. The average Bonchev–Trinajstić information content (AvgIpc) is 1.82. The number of ketones is 1. The Labute approximate surface area is 54.5 Å². The summed E-state index contributed by atoms with van der Waals surface area (Å²) in [7, 11) is 0. The number of nitrogens with zero attached hydrogens (tertiary/aromatic N) is 2. The maximum Gasteiger partial charge on any atom is 0.155 e. The van der Waals surface area contributed by atoms with E-state index in [1.54, 1.807) is 6.92 Å². The van der Waals surface area contributed by atoms with E-state index in [0.29, 0.717) is 0 Å². The van der Waals surface area contributed by atoms with Crippen molar-refractivity contribution in [2.45, 2.75) is 19.9 Å². The number of Topliss-reactive ketones (excluding diaryl/α,β-unsaturated/α-hetero) is 1. The summed E-state index contributed by atoms with van der Waals surface area (Å²) in [5.74, 6) is 0.0144. The Morgan fingerprint density at radius 1 is 1.78 bits per heavy atom. The Morgan fingerprint density at radius 2 is 2.33 bits per heavy atom. The van der Waals surface area contributed by atoms with Crippen molar-refractivity contribution in [2.75, 3.05) is 0 Å². The van der Waals surface area contributed by atoms with Crippen LogP contribution in [0.15, 0.2) is 23.0 Å². The molecule has 0 aromatic heterocycles. The number of azo groups is 1. The molecule has 0 heterocycles. The summed E-state index contributed by atoms with van der Waals surface area (Å²) in [6.45, 7) is 6.49. The molecule has 0 aromatic rings. The summed E-state index contributed by atoms with van der Waals surface area (Å²) in [6.07, 6.45) is 1.30. The van der Waals surface area contributed by atoms with Crippen molar-refractivity contribution in [1.29, 1.82) is 0 Å². The fourth-order valence-electron chi connectivity index (χ4n) is 0.228. The van der Waals surface area contributed by atoms with Crippen molar-refractivity contribution in [1.82, 2.24) is 0 Å². The maximum absolute atomic E-state index is 10.5. The molecule has 0 saturated heterocycles. The average molecular weight is 126 g/mol. The molecule has 0 N–H and O–H groups in total. The molecule has 0 aliphatic rings. The van der Waals surface area contributed by atoms with Gasteiger partial charge >= 0.3 is 0 Å². The summed E-state index contributed by atoms with van der Waals surface area (Å²) >= 11 is 0. The van der Waals surface area contributed by atoms with Gasteiger partial charge in [-0.1, -0.05) is 6.58 Å². The van der Waals surface area contributed by atoms with Crippen LogP contribution in [0.25, 0.3) is 0 Å². The topological polar surface area (TPSA) is 41.8 Å². The molecule has 3 nitrogen and oxygen atoms in total. The Kier molecular flexibility index (Phi) is 3.51. The van der Waals surface area contributed by atoms with Gasteiger partial charge in [-0.05, 0) is 13.8 Å². The van der Waals surface area contributed by atoms with Gasteiger partial charge in [0, 0.05) is 6.20 Å². The van der Waals surface area contributed by atoms with Gasteiger partial charge < -0.3 is 0 Å². The van der Waals surface area contributed by atoms with Crippen molar-refractivity contribution in [2.24, 2.45) is 10.2 Å². The molecular formula is C6H10N2O. The van der Waals surface area contributed by atoms with Crippen LogP contribution in [0.1, 0.15) is 13.8 Å². The van der Waals surface area contributed by atoms with E-state index >= 15 is 0 Å². The number of carbonyl (C=O) groups is 1. The second-order valence-corrected chi connectivity index (χ2v) is 1.70. The largest absolute Gasteiger partial charge is 0.298 e. The van der Waals surface area contributed by atoms with Gasteiger partial charge in [-0.2, -0.15) is 10.2 Å². The van der Waals surface area contributed by atoms with Crippen LogP contribution in [-0.2, 0) is 4.79 Å². The molecule has 1 unspecified atom stereocenters. The predicted octanol–water partition coefficient (Wildman–Crippen LogP) is 1.56. The zero-order valence-corrected chi connectivity index (χ0v) is 5.66. The Hall–Kier alpha value is -0.990. The van der Waals surface area contributed by atoms with Gasteiger partial charge in [-0.3, -0.25) is 4.79 Å². The zero-order chi connectivity index (χ0) is 7.28. The van der Waals surface area contributed by atoms with Gasteiger partial charge in [-0.25, -0.2) is 0 Å². The number of carbonyl (C=O) groups excluding carboxylic acids is 1. The lowest BCUT2D eigenvalue weighted by Crippen LogP contribution is -2.08. The van der Waals surface area contributed by atoms with E-state index in [1.165, 1.54) is 13.1 Å². The molecule has 0 amide bonds. The van der Waals surface area contributed by atoms with Crippen LogP contribution >= 0.6 is 0 Å². The third-order valence-corrected chi connectivity index (χ3v) is 0.910. The first kappa shape index (κ1) is 8.01. The van der Waals surface area contributed by atoms with Crippen LogP contribution in [0.2, 0.25) is 0 Å². The highest BCUT2D eigenvalue weighted by atomic mass is 16.1. The highest BCUT2D eigenvalue weighted by Crippen LogP contribution is 1.91. The molecule has 3 heteroatoms. The fourth-order valence-corrected chi connectivity index (χ4v) is 0.228. The van der Waals surface area contributed by atoms with E-state index in [-0.39, 0.29) is 11.8 Å². The molecule has 0 bridgehead atoms. The minimum atomic E-state index is -0.331. The van der Waals surface area contributed by atoms with Gasteiger partial charge in [0.1, 0.15) is 6.04 Å². The van der Waals surface area contributed by atoms with Crippen LogP contribution in [0.3, 0.4) is 0 Å². The lowest BCUT2D eigenvalue weighted by Gasteiger charge is -1.93.